The highest BCUT2D eigenvalue weighted by atomic mass is 16.4. The Hall–Kier alpha value is -2.04. The number of rotatable bonds is 8. The molecule has 1 aromatic rings. The first-order valence-electron chi connectivity index (χ1n) is 7.65. The van der Waals surface area contributed by atoms with E-state index < -0.39 is 5.97 Å². The Kier molecular flexibility index (Phi) is 7.43. The van der Waals surface area contributed by atoms with Crippen LogP contribution in [0, 0.1) is 5.92 Å². The number of carboxylic acid groups (broad SMARTS) is 1. The van der Waals surface area contributed by atoms with Crippen LogP contribution in [-0.4, -0.2) is 41.6 Å². The summed E-state index contributed by atoms with van der Waals surface area (Å²) in [5, 5.41) is 11.8. The molecule has 0 spiro atoms. The first kappa shape index (κ1) is 18.0. The summed E-state index contributed by atoms with van der Waals surface area (Å²) in [5.74, 6) is -0.454. The van der Waals surface area contributed by atoms with Gasteiger partial charge in [-0.1, -0.05) is 44.2 Å². The highest BCUT2D eigenvalue weighted by Gasteiger charge is 2.17. The lowest BCUT2D eigenvalue weighted by atomic mass is 10.0. The van der Waals surface area contributed by atoms with Crippen molar-refractivity contribution in [1.82, 2.24) is 10.2 Å². The normalized spacial score (nSPS) is 12.0. The molecule has 0 aromatic heterocycles. The van der Waals surface area contributed by atoms with E-state index >= 15 is 0 Å². The maximum atomic E-state index is 12.2. The van der Waals surface area contributed by atoms with E-state index in [1.54, 1.807) is 11.9 Å². The van der Waals surface area contributed by atoms with Gasteiger partial charge in [0, 0.05) is 26.1 Å². The standard InChI is InChI=1S/C17H26N2O3/c1-13(2)12-19(3)17(22)18-15(9-10-16(20)21)11-14-7-5-4-6-8-14/h4-8,13,15H,9-12H2,1-3H3,(H,18,22)(H,20,21). The molecule has 2 N–H and O–H groups in total. The summed E-state index contributed by atoms with van der Waals surface area (Å²) >= 11 is 0. The fraction of sp³-hybridized carbons (Fsp3) is 0.529. The van der Waals surface area contributed by atoms with Crippen LogP contribution in [-0.2, 0) is 11.2 Å². The lowest BCUT2D eigenvalue weighted by molar-refractivity contribution is -0.137. The summed E-state index contributed by atoms with van der Waals surface area (Å²) in [6.45, 7) is 4.77. The van der Waals surface area contributed by atoms with Crippen molar-refractivity contribution in [2.24, 2.45) is 5.92 Å². The second-order valence-corrected chi connectivity index (χ2v) is 6.04. The van der Waals surface area contributed by atoms with Crippen molar-refractivity contribution in [1.29, 1.82) is 0 Å². The molecule has 1 aromatic carbocycles. The van der Waals surface area contributed by atoms with Crippen LogP contribution < -0.4 is 5.32 Å². The van der Waals surface area contributed by atoms with Gasteiger partial charge in [-0.2, -0.15) is 0 Å². The molecule has 1 unspecified atom stereocenters. The zero-order valence-electron chi connectivity index (χ0n) is 13.6. The highest BCUT2D eigenvalue weighted by molar-refractivity contribution is 5.74. The molecule has 0 aliphatic carbocycles. The smallest absolute Gasteiger partial charge is 0.317 e. The van der Waals surface area contributed by atoms with Gasteiger partial charge < -0.3 is 15.3 Å². The molecule has 1 rings (SSSR count). The Labute approximate surface area is 132 Å². The average Bonchev–Trinajstić information content (AvgIpc) is 2.45. The zero-order valence-corrected chi connectivity index (χ0v) is 13.6. The maximum Gasteiger partial charge on any atom is 0.317 e. The summed E-state index contributed by atoms with van der Waals surface area (Å²) in [5.41, 5.74) is 1.09. The Morgan fingerprint density at radius 1 is 1.23 bits per heavy atom. The number of aliphatic carboxylic acids is 1. The van der Waals surface area contributed by atoms with Gasteiger partial charge in [0.15, 0.2) is 0 Å². The first-order valence-corrected chi connectivity index (χ1v) is 7.65. The predicted octanol–water partition coefficient (Wildman–Crippen LogP) is 2.76. The molecule has 0 radical (unpaired) electrons. The van der Waals surface area contributed by atoms with Crippen molar-refractivity contribution in [3.8, 4) is 0 Å². The van der Waals surface area contributed by atoms with E-state index in [9.17, 15) is 9.59 Å². The number of carboxylic acids is 1. The van der Waals surface area contributed by atoms with Crippen LogP contribution in [0.4, 0.5) is 4.79 Å². The third kappa shape index (κ3) is 7.11. The van der Waals surface area contributed by atoms with E-state index in [2.05, 4.69) is 19.2 Å². The molecular weight excluding hydrogens is 280 g/mol. The number of carbonyl (C=O) groups excluding carboxylic acids is 1. The van der Waals surface area contributed by atoms with Crippen LogP contribution in [0.5, 0.6) is 0 Å². The molecule has 1 atom stereocenters. The van der Waals surface area contributed by atoms with Crippen LogP contribution in [0.25, 0.3) is 0 Å². The maximum absolute atomic E-state index is 12.2. The van der Waals surface area contributed by atoms with Crippen molar-refractivity contribution in [2.45, 2.75) is 39.2 Å². The minimum absolute atomic E-state index is 0.0473. The first-order chi connectivity index (χ1) is 10.4. The van der Waals surface area contributed by atoms with E-state index in [1.807, 2.05) is 30.3 Å². The Morgan fingerprint density at radius 2 is 1.86 bits per heavy atom. The largest absolute Gasteiger partial charge is 0.481 e. The molecule has 0 aliphatic heterocycles. The van der Waals surface area contributed by atoms with E-state index in [0.717, 1.165) is 5.56 Å². The molecule has 0 saturated carbocycles. The molecule has 5 heteroatoms. The number of amides is 2. The van der Waals surface area contributed by atoms with E-state index in [0.29, 0.717) is 25.3 Å². The van der Waals surface area contributed by atoms with Gasteiger partial charge in [0.05, 0.1) is 0 Å². The van der Waals surface area contributed by atoms with Crippen molar-refractivity contribution in [3.63, 3.8) is 0 Å². The van der Waals surface area contributed by atoms with Gasteiger partial charge >= 0.3 is 12.0 Å². The molecule has 2 amide bonds. The highest BCUT2D eigenvalue weighted by Crippen LogP contribution is 2.09. The molecule has 0 heterocycles. The van der Waals surface area contributed by atoms with Crippen molar-refractivity contribution < 1.29 is 14.7 Å². The summed E-state index contributed by atoms with van der Waals surface area (Å²) in [6, 6.07) is 9.45. The third-order valence-corrected chi connectivity index (χ3v) is 3.34. The molecule has 0 aliphatic rings. The van der Waals surface area contributed by atoms with Crippen LogP contribution in [0.3, 0.4) is 0 Å². The topological polar surface area (TPSA) is 69.6 Å². The Bertz CT molecular complexity index is 474. The minimum Gasteiger partial charge on any atom is -0.481 e. The van der Waals surface area contributed by atoms with Gasteiger partial charge in [0.1, 0.15) is 0 Å². The molecular formula is C17H26N2O3. The summed E-state index contributed by atoms with van der Waals surface area (Å²) < 4.78 is 0. The molecule has 5 nitrogen and oxygen atoms in total. The molecule has 122 valence electrons. The van der Waals surface area contributed by atoms with E-state index in [-0.39, 0.29) is 18.5 Å². The van der Waals surface area contributed by atoms with Crippen molar-refractivity contribution in [3.05, 3.63) is 35.9 Å². The number of nitrogens with one attached hydrogen (secondary N) is 1. The van der Waals surface area contributed by atoms with Gasteiger partial charge in [-0.25, -0.2) is 4.79 Å². The van der Waals surface area contributed by atoms with Gasteiger partial charge in [0.25, 0.3) is 0 Å². The number of nitrogens with zero attached hydrogens (tertiary/aromatic N) is 1. The number of benzene rings is 1. The quantitative estimate of drug-likeness (QED) is 0.776. The van der Waals surface area contributed by atoms with Crippen LogP contribution in [0.15, 0.2) is 30.3 Å². The number of urea groups is 1. The van der Waals surface area contributed by atoms with Gasteiger partial charge in [-0.15, -0.1) is 0 Å². The number of hydrogen-bond acceptors (Lipinski definition) is 2. The fourth-order valence-electron chi connectivity index (χ4n) is 2.34. The summed E-state index contributed by atoms with van der Waals surface area (Å²) in [7, 11) is 1.76. The van der Waals surface area contributed by atoms with Crippen molar-refractivity contribution >= 4 is 12.0 Å². The van der Waals surface area contributed by atoms with Crippen molar-refractivity contribution in [2.75, 3.05) is 13.6 Å². The second-order valence-electron chi connectivity index (χ2n) is 6.04. The Morgan fingerprint density at radius 3 is 2.41 bits per heavy atom. The monoisotopic (exact) mass is 306 g/mol. The number of hydrogen-bond donors (Lipinski definition) is 2. The molecule has 0 bridgehead atoms. The minimum atomic E-state index is -0.845. The average molecular weight is 306 g/mol. The van der Waals surface area contributed by atoms with E-state index in [4.69, 9.17) is 5.11 Å². The summed E-state index contributed by atoms with van der Waals surface area (Å²) in [4.78, 5) is 24.6. The van der Waals surface area contributed by atoms with Gasteiger partial charge in [-0.3, -0.25) is 4.79 Å². The lowest BCUT2D eigenvalue weighted by Gasteiger charge is -2.24. The van der Waals surface area contributed by atoms with E-state index in [1.165, 1.54) is 0 Å². The van der Waals surface area contributed by atoms with Gasteiger partial charge in [0.2, 0.25) is 0 Å². The number of carbonyl (C=O) groups is 2. The molecule has 22 heavy (non-hydrogen) atoms. The molecule has 0 saturated heterocycles. The summed E-state index contributed by atoms with van der Waals surface area (Å²) in [6.07, 6.45) is 1.10. The molecule has 0 fully saturated rings. The SMILES string of the molecule is CC(C)CN(C)C(=O)NC(CCC(=O)O)Cc1ccccc1. The lowest BCUT2D eigenvalue weighted by Crippen LogP contribution is -2.45. The van der Waals surface area contributed by atoms with Crippen LogP contribution in [0.2, 0.25) is 0 Å². The second kappa shape index (κ2) is 9.07. The zero-order chi connectivity index (χ0) is 16.5. The predicted molar refractivity (Wildman–Crippen MR) is 86.8 cm³/mol. The van der Waals surface area contributed by atoms with Crippen LogP contribution in [0.1, 0.15) is 32.3 Å². The van der Waals surface area contributed by atoms with Crippen LogP contribution >= 0.6 is 0 Å². The third-order valence-electron chi connectivity index (χ3n) is 3.34. The fourth-order valence-corrected chi connectivity index (χ4v) is 2.34. The van der Waals surface area contributed by atoms with Gasteiger partial charge in [-0.05, 0) is 24.3 Å². The Balaban J connectivity index is 2.64.